The second-order valence-corrected chi connectivity index (χ2v) is 7.59. The van der Waals surface area contributed by atoms with Gasteiger partial charge >= 0.3 is 5.97 Å². The fourth-order valence-electron chi connectivity index (χ4n) is 2.93. The molecule has 1 aromatic carbocycles. The van der Waals surface area contributed by atoms with E-state index in [2.05, 4.69) is 33.6 Å². The Balaban J connectivity index is 2.21. The molecule has 0 bridgehead atoms. The number of aliphatic carboxylic acids is 1. The monoisotopic (exact) mass is 465 g/mol. The number of fused-ring (bicyclic) bond motifs is 1. The summed E-state index contributed by atoms with van der Waals surface area (Å²) in [6.07, 6.45) is 1.78. The Hall–Kier alpha value is -3.09. The van der Waals surface area contributed by atoms with Crippen molar-refractivity contribution in [2.45, 2.75) is 37.5 Å². The normalized spacial score (nSPS) is 14.8. The molecule has 4 atom stereocenters. The third-order valence-electron chi connectivity index (χ3n) is 4.81. The van der Waals surface area contributed by atoms with Crippen LogP contribution in [0, 0.1) is 0 Å². The van der Waals surface area contributed by atoms with Crippen molar-refractivity contribution >= 4 is 47.2 Å². The van der Waals surface area contributed by atoms with Crippen molar-refractivity contribution in [3.8, 4) is 0 Å². The number of amides is 3. The molecule has 2 aromatic rings. The number of carbonyl (C=O) groups is 4. The lowest BCUT2D eigenvalue weighted by atomic mass is 10.0. The average Bonchev–Trinajstić information content (AvgIpc) is 3.18. The predicted octanol–water partition coefficient (Wildman–Crippen LogP) is -1.48. The number of hydrogen-bond donors (Lipinski definition) is 8. The van der Waals surface area contributed by atoms with Crippen LogP contribution in [0.3, 0.4) is 0 Å². The lowest BCUT2D eigenvalue weighted by Gasteiger charge is -2.23. The maximum Gasteiger partial charge on any atom is 0.325 e. The second-order valence-electron chi connectivity index (χ2n) is 7.23. The van der Waals surface area contributed by atoms with Crippen molar-refractivity contribution in [3.05, 3.63) is 36.0 Å². The standard InChI is InChI=1S/C20H27N5O6S/c1-10(20(30)31)23-19(29)16(8-26)25-18(28)15(24-17(27)13(21)9-32)6-11-7-22-14-5-3-2-4-12(11)14/h2-5,7,10,13,15-16,22,26,32H,6,8-9,21H2,1H3,(H,23,29)(H,24,27)(H,25,28)(H,30,31). The molecular formula is C20H27N5O6S. The Morgan fingerprint density at radius 2 is 1.69 bits per heavy atom. The van der Waals surface area contributed by atoms with Crippen LogP contribution in [0.25, 0.3) is 10.9 Å². The number of rotatable bonds is 11. The summed E-state index contributed by atoms with van der Waals surface area (Å²) in [7, 11) is 0. The van der Waals surface area contributed by atoms with Crippen LogP contribution in [0.4, 0.5) is 0 Å². The molecule has 0 saturated heterocycles. The summed E-state index contributed by atoms with van der Waals surface area (Å²) >= 11 is 3.99. The zero-order valence-electron chi connectivity index (χ0n) is 17.4. The maximum absolute atomic E-state index is 12.9. The van der Waals surface area contributed by atoms with Gasteiger partial charge < -0.3 is 36.9 Å². The van der Waals surface area contributed by atoms with E-state index in [1.165, 1.54) is 6.92 Å². The van der Waals surface area contributed by atoms with Gasteiger partial charge in [-0.2, -0.15) is 12.6 Å². The molecule has 11 nitrogen and oxygen atoms in total. The van der Waals surface area contributed by atoms with Crippen LogP contribution in [0.15, 0.2) is 30.5 Å². The quantitative estimate of drug-likeness (QED) is 0.186. The Labute approximate surface area is 189 Å². The van der Waals surface area contributed by atoms with Crippen LogP contribution in [-0.4, -0.2) is 75.4 Å². The number of carboxylic acid groups (broad SMARTS) is 1. The first-order chi connectivity index (χ1) is 15.2. The van der Waals surface area contributed by atoms with Gasteiger partial charge in [-0.25, -0.2) is 0 Å². The molecule has 4 unspecified atom stereocenters. The number of nitrogens with two attached hydrogens (primary N) is 1. The molecule has 12 heteroatoms. The van der Waals surface area contributed by atoms with E-state index in [1.807, 2.05) is 24.3 Å². The van der Waals surface area contributed by atoms with Gasteiger partial charge in [0.25, 0.3) is 0 Å². The molecule has 0 aliphatic carbocycles. The first-order valence-corrected chi connectivity index (χ1v) is 10.5. The lowest BCUT2D eigenvalue weighted by Crippen LogP contribution is -2.58. The molecule has 0 saturated carbocycles. The van der Waals surface area contributed by atoms with E-state index in [-0.39, 0.29) is 12.2 Å². The Morgan fingerprint density at radius 1 is 1.06 bits per heavy atom. The molecule has 0 fully saturated rings. The van der Waals surface area contributed by atoms with Crippen LogP contribution in [-0.2, 0) is 25.6 Å². The molecule has 0 aliphatic rings. The summed E-state index contributed by atoms with van der Waals surface area (Å²) in [6.45, 7) is 0.475. The number of aromatic amines is 1. The maximum atomic E-state index is 12.9. The average molecular weight is 466 g/mol. The smallest absolute Gasteiger partial charge is 0.325 e. The van der Waals surface area contributed by atoms with Crippen LogP contribution in [0.5, 0.6) is 0 Å². The van der Waals surface area contributed by atoms with Crippen molar-refractivity contribution in [1.82, 2.24) is 20.9 Å². The number of para-hydroxylation sites is 1. The third kappa shape index (κ3) is 6.45. The third-order valence-corrected chi connectivity index (χ3v) is 5.20. The number of thiol groups is 1. The number of aliphatic hydroxyl groups is 1. The Morgan fingerprint density at radius 3 is 2.31 bits per heavy atom. The highest BCUT2D eigenvalue weighted by Gasteiger charge is 2.29. The van der Waals surface area contributed by atoms with E-state index < -0.39 is 54.5 Å². The van der Waals surface area contributed by atoms with Gasteiger partial charge in [0.1, 0.15) is 18.1 Å². The van der Waals surface area contributed by atoms with Crippen molar-refractivity contribution in [1.29, 1.82) is 0 Å². The first kappa shape index (κ1) is 25.2. The van der Waals surface area contributed by atoms with E-state index in [4.69, 9.17) is 10.8 Å². The van der Waals surface area contributed by atoms with Crippen LogP contribution in [0.2, 0.25) is 0 Å². The van der Waals surface area contributed by atoms with Crippen LogP contribution < -0.4 is 21.7 Å². The van der Waals surface area contributed by atoms with E-state index in [0.29, 0.717) is 0 Å². The summed E-state index contributed by atoms with van der Waals surface area (Å²) in [4.78, 5) is 51.5. The number of H-pyrrole nitrogens is 1. The Kier molecular flexibility index (Phi) is 9.05. The molecule has 2 rings (SSSR count). The van der Waals surface area contributed by atoms with Gasteiger partial charge in [-0.15, -0.1) is 0 Å². The minimum absolute atomic E-state index is 0.0575. The second kappa shape index (κ2) is 11.5. The van der Waals surface area contributed by atoms with Gasteiger partial charge in [-0.1, -0.05) is 18.2 Å². The van der Waals surface area contributed by atoms with E-state index in [1.54, 1.807) is 6.20 Å². The molecular weight excluding hydrogens is 438 g/mol. The Bertz CT molecular complexity index is 980. The fraction of sp³-hybridized carbons (Fsp3) is 0.400. The molecule has 0 radical (unpaired) electrons. The molecule has 174 valence electrons. The number of nitrogens with one attached hydrogen (secondary N) is 4. The molecule has 1 heterocycles. The largest absolute Gasteiger partial charge is 0.480 e. The number of carbonyl (C=O) groups excluding carboxylic acids is 3. The summed E-state index contributed by atoms with van der Waals surface area (Å²) in [6, 6.07) is 2.70. The van der Waals surface area contributed by atoms with E-state index >= 15 is 0 Å². The molecule has 1 aromatic heterocycles. The zero-order valence-corrected chi connectivity index (χ0v) is 18.3. The summed E-state index contributed by atoms with van der Waals surface area (Å²) in [5, 5.41) is 26.4. The highest BCUT2D eigenvalue weighted by Crippen LogP contribution is 2.19. The van der Waals surface area contributed by atoms with Gasteiger partial charge in [0.15, 0.2) is 0 Å². The van der Waals surface area contributed by atoms with E-state index in [9.17, 15) is 24.3 Å². The van der Waals surface area contributed by atoms with Gasteiger partial charge in [0.2, 0.25) is 17.7 Å². The van der Waals surface area contributed by atoms with Crippen LogP contribution in [0.1, 0.15) is 12.5 Å². The number of benzene rings is 1. The fourth-order valence-corrected chi connectivity index (χ4v) is 3.10. The number of aromatic nitrogens is 1. The molecule has 0 aliphatic heterocycles. The van der Waals surface area contributed by atoms with Gasteiger partial charge in [0, 0.05) is 29.3 Å². The first-order valence-electron chi connectivity index (χ1n) is 9.84. The molecule has 32 heavy (non-hydrogen) atoms. The predicted molar refractivity (Wildman–Crippen MR) is 120 cm³/mol. The van der Waals surface area contributed by atoms with Crippen molar-refractivity contribution in [2.75, 3.05) is 12.4 Å². The van der Waals surface area contributed by atoms with Crippen molar-refractivity contribution < 1.29 is 29.4 Å². The highest BCUT2D eigenvalue weighted by molar-refractivity contribution is 7.80. The van der Waals surface area contributed by atoms with E-state index in [0.717, 1.165) is 16.5 Å². The minimum Gasteiger partial charge on any atom is -0.480 e. The topological polar surface area (TPSA) is 187 Å². The SMILES string of the molecule is CC(NC(=O)C(CO)NC(=O)C(Cc1c[nH]c2ccccc12)NC(=O)C(N)CS)C(=O)O. The zero-order chi connectivity index (χ0) is 23.8. The molecule has 8 N–H and O–H groups in total. The van der Waals surface area contributed by atoms with Gasteiger partial charge in [-0.3, -0.25) is 19.2 Å². The summed E-state index contributed by atoms with van der Waals surface area (Å²) in [5.41, 5.74) is 7.29. The van der Waals surface area contributed by atoms with Crippen LogP contribution >= 0.6 is 12.6 Å². The molecule has 0 spiro atoms. The molecule has 3 amide bonds. The highest BCUT2D eigenvalue weighted by atomic mass is 32.1. The summed E-state index contributed by atoms with van der Waals surface area (Å²) in [5.74, 6) is -3.44. The minimum atomic E-state index is -1.41. The van der Waals surface area contributed by atoms with Crippen molar-refractivity contribution in [2.24, 2.45) is 5.73 Å². The number of carboxylic acids is 1. The number of aliphatic hydroxyl groups excluding tert-OH is 1. The van der Waals surface area contributed by atoms with Gasteiger partial charge in [-0.05, 0) is 18.6 Å². The summed E-state index contributed by atoms with van der Waals surface area (Å²) < 4.78 is 0. The van der Waals surface area contributed by atoms with Crippen molar-refractivity contribution in [3.63, 3.8) is 0 Å². The lowest BCUT2D eigenvalue weighted by molar-refractivity contribution is -0.142. The van der Waals surface area contributed by atoms with Gasteiger partial charge in [0.05, 0.1) is 12.6 Å². The number of hydrogen-bond acceptors (Lipinski definition) is 7.